The van der Waals surface area contributed by atoms with Gasteiger partial charge in [-0.1, -0.05) is 6.07 Å². The van der Waals surface area contributed by atoms with E-state index in [2.05, 4.69) is 5.32 Å². The van der Waals surface area contributed by atoms with Crippen LogP contribution in [-0.4, -0.2) is 37.8 Å². The highest BCUT2D eigenvalue weighted by Crippen LogP contribution is 2.24. The van der Waals surface area contributed by atoms with Crippen LogP contribution in [0.5, 0.6) is 0 Å². The van der Waals surface area contributed by atoms with E-state index in [4.69, 9.17) is 0 Å². The molecule has 19 heavy (non-hydrogen) atoms. The molecule has 1 aromatic carbocycles. The molecule has 0 aliphatic carbocycles. The lowest BCUT2D eigenvalue weighted by Crippen LogP contribution is -2.45. The van der Waals surface area contributed by atoms with Crippen LogP contribution in [0.2, 0.25) is 0 Å². The molecule has 1 fully saturated rings. The van der Waals surface area contributed by atoms with E-state index >= 15 is 0 Å². The predicted molar refractivity (Wildman–Crippen MR) is 74.0 cm³/mol. The Morgan fingerprint density at radius 3 is 2.32 bits per heavy atom. The van der Waals surface area contributed by atoms with Crippen LogP contribution in [0.25, 0.3) is 0 Å². The summed E-state index contributed by atoms with van der Waals surface area (Å²) < 4.78 is 39.5. The van der Waals surface area contributed by atoms with Gasteiger partial charge in [0.15, 0.2) is 0 Å². The number of hydrogen-bond donors (Lipinski definition) is 1. The summed E-state index contributed by atoms with van der Waals surface area (Å²) in [5.74, 6) is -1.31. The lowest BCUT2D eigenvalue weighted by atomic mass is 10.0. The van der Waals surface area contributed by atoms with Crippen LogP contribution in [0.4, 0.5) is 13.2 Å². The first-order valence-corrected chi connectivity index (χ1v) is 5.68. The Morgan fingerprint density at radius 2 is 1.79 bits per heavy atom. The van der Waals surface area contributed by atoms with Gasteiger partial charge in [0.25, 0.3) is 0 Å². The lowest BCUT2D eigenvalue weighted by molar-refractivity contribution is 0.144. The van der Waals surface area contributed by atoms with E-state index in [0.29, 0.717) is 13.1 Å². The third-order valence-electron chi connectivity index (χ3n) is 3.06. The van der Waals surface area contributed by atoms with Crippen LogP contribution in [-0.2, 0) is 0 Å². The maximum Gasteiger partial charge on any atom is 0.130 e. The monoisotopic (exact) mass is 316 g/mol. The van der Waals surface area contributed by atoms with Crippen molar-refractivity contribution in [3.05, 3.63) is 35.4 Å². The van der Waals surface area contributed by atoms with Gasteiger partial charge in [0.2, 0.25) is 0 Å². The van der Waals surface area contributed by atoms with Crippen molar-refractivity contribution < 1.29 is 13.2 Å². The molecule has 1 atom stereocenters. The van der Waals surface area contributed by atoms with Gasteiger partial charge < -0.3 is 5.32 Å². The van der Waals surface area contributed by atoms with E-state index in [1.165, 1.54) is 12.1 Å². The van der Waals surface area contributed by atoms with Gasteiger partial charge in [-0.25, -0.2) is 13.2 Å². The molecule has 1 heterocycles. The Hall–Kier alpha value is -0.490. The summed E-state index contributed by atoms with van der Waals surface area (Å²) in [6.07, 6.45) is 0. The summed E-state index contributed by atoms with van der Waals surface area (Å²) in [5, 5.41) is 3.15. The molecule has 0 saturated carbocycles. The number of alkyl halides is 1. The number of rotatable bonds is 3. The van der Waals surface area contributed by atoms with Crippen LogP contribution >= 0.6 is 24.8 Å². The zero-order valence-corrected chi connectivity index (χ0v) is 11.9. The van der Waals surface area contributed by atoms with Crippen molar-refractivity contribution in [3.8, 4) is 0 Å². The summed E-state index contributed by atoms with van der Waals surface area (Å²) in [5.41, 5.74) is 0.232. The average molecular weight is 317 g/mol. The highest BCUT2D eigenvalue weighted by Gasteiger charge is 2.24. The molecule has 0 aromatic heterocycles. The molecule has 1 N–H and O–H groups in total. The summed E-state index contributed by atoms with van der Waals surface area (Å²) in [4.78, 5) is 1.88. The fraction of sp³-hybridized carbons (Fsp3) is 0.500. The molecule has 0 unspecified atom stereocenters. The molecule has 2 nitrogen and oxygen atoms in total. The molecule has 1 saturated heterocycles. The summed E-state index contributed by atoms with van der Waals surface area (Å²) >= 11 is 0. The van der Waals surface area contributed by atoms with Crippen LogP contribution in [0.15, 0.2) is 18.2 Å². The number of hydrogen-bond acceptors (Lipinski definition) is 2. The Morgan fingerprint density at radius 1 is 1.16 bits per heavy atom. The van der Waals surface area contributed by atoms with Crippen molar-refractivity contribution in [3.63, 3.8) is 0 Å². The largest absolute Gasteiger partial charge is 0.314 e. The number of nitrogens with one attached hydrogen (secondary N) is 1. The Balaban J connectivity index is 0.00000162. The quantitative estimate of drug-likeness (QED) is 0.922. The highest BCUT2D eigenvalue weighted by molar-refractivity contribution is 5.85. The molecule has 1 aliphatic rings. The first kappa shape index (κ1) is 18.5. The second kappa shape index (κ2) is 8.64. The second-order valence-electron chi connectivity index (χ2n) is 4.12. The van der Waals surface area contributed by atoms with Gasteiger partial charge in [0.05, 0.1) is 6.04 Å². The van der Waals surface area contributed by atoms with Crippen molar-refractivity contribution in [1.29, 1.82) is 0 Å². The first-order valence-electron chi connectivity index (χ1n) is 5.68. The molecule has 1 aliphatic heterocycles. The van der Waals surface area contributed by atoms with Gasteiger partial charge in [-0.3, -0.25) is 4.90 Å². The van der Waals surface area contributed by atoms with Crippen molar-refractivity contribution in [1.82, 2.24) is 10.2 Å². The molecule has 0 amide bonds. The smallest absolute Gasteiger partial charge is 0.130 e. The zero-order chi connectivity index (χ0) is 12.3. The molecule has 7 heteroatoms. The Bertz CT molecular complexity index is 387. The molecule has 1 aromatic rings. The average Bonchev–Trinajstić information content (AvgIpc) is 2.34. The number of nitrogens with zero attached hydrogens (tertiary/aromatic N) is 1. The van der Waals surface area contributed by atoms with E-state index in [-0.39, 0.29) is 30.4 Å². The molecule has 0 spiro atoms. The molecular formula is C12H17Cl2F3N2. The first-order chi connectivity index (χ1) is 8.22. The molecule has 0 bridgehead atoms. The maximum absolute atomic E-state index is 13.6. The standard InChI is InChI=1S/C12H15F3N2.2ClH/c13-8-12(17-5-3-16-4-6-17)10-2-1-9(14)7-11(10)15;;/h1-2,7,12,16H,3-6,8H2;2*1H/t12-;;/m1../s1. The van der Waals surface area contributed by atoms with Gasteiger partial charge >= 0.3 is 0 Å². The van der Waals surface area contributed by atoms with Crippen LogP contribution in [0.1, 0.15) is 11.6 Å². The topological polar surface area (TPSA) is 15.3 Å². The number of benzene rings is 1. The van der Waals surface area contributed by atoms with E-state index < -0.39 is 24.4 Å². The van der Waals surface area contributed by atoms with Crippen LogP contribution in [0, 0.1) is 11.6 Å². The van der Waals surface area contributed by atoms with Crippen molar-refractivity contribution in [2.75, 3.05) is 32.9 Å². The fourth-order valence-corrected chi connectivity index (χ4v) is 2.14. The summed E-state index contributed by atoms with van der Waals surface area (Å²) in [6, 6.07) is 2.69. The predicted octanol–water partition coefficient (Wildman–Crippen LogP) is 2.72. The Kier molecular flexibility index (Phi) is 8.41. The molecule has 2 rings (SSSR count). The van der Waals surface area contributed by atoms with E-state index in [0.717, 1.165) is 19.2 Å². The third-order valence-corrected chi connectivity index (χ3v) is 3.06. The second-order valence-corrected chi connectivity index (χ2v) is 4.12. The molecular weight excluding hydrogens is 300 g/mol. The van der Waals surface area contributed by atoms with Gasteiger partial charge in [-0.05, 0) is 6.07 Å². The molecule has 110 valence electrons. The van der Waals surface area contributed by atoms with Gasteiger partial charge in [0, 0.05) is 37.8 Å². The van der Waals surface area contributed by atoms with Gasteiger partial charge in [0.1, 0.15) is 18.3 Å². The van der Waals surface area contributed by atoms with Crippen molar-refractivity contribution in [2.45, 2.75) is 6.04 Å². The van der Waals surface area contributed by atoms with Crippen molar-refractivity contribution in [2.24, 2.45) is 0 Å². The number of piperazine rings is 1. The van der Waals surface area contributed by atoms with Crippen LogP contribution in [0.3, 0.4) is 0 Å². The fourth-order valence-electron chi connectivity index (χ4n) is 2.14. The minimum Gasteiger partial charge on any atom is -0.314 e. The van der Waals surface area contributed by atoms with E-state index in [1.807, 2.05) is 4.90 Å². The maximum atomic E-state index is 13.6. The highest BCUT2D eigenvalue weighted by atomic mass is 35.5. The van der Waals surface area contributed by atoms with Gasteiger partial charge in [-0.15, -0.1) is 24.8 Å². The minimum absolute atomic E-state index is 0. The Labute approximate surface area is 123 Å². The SMILES string of the molecule is Cl.Cl.FC[C@H](c1ccc(F)cc1F)N1CCNCC1. The summed E-state index contributed by atoms with van der Waals surface area (Å²) in [7, 11) is 0. The molecule has 0 radical (unpaired) electrons. The normalized spacial score (nSPS) is 17.2. The minimum atomic E-state index is -0.675. The third kappa shape index (κ3) is 4.53. The van der Waals surface area contributed by atoms with E-state index in [1.54, 1.807) is 0 Å². The zero-order valence-electron chi connectivity index (χ0n) is 10.2. The van der Waals surface area contributed by atoms with Crippen molar-refractivity contribution >= 4 is 24.8 Å². The van der Waals surface area contributed by atoms with Crippen LogP contribution < -0.4 is 5.32 Å². The lowest BCUT2D eigenvalue weighted by Gasteiger charge is -2.33. The number of halogens is 5. The van der Waals surface area contributed by atoms with E-state index in [9.17, 15) is 13.2 Å². The van der Waals surface area contributed by atoms with Gasteiger partial charge in [-0.2, -0.15) is 0 Å². The summed E-state index contributed by atoms with van der Waals surface area (Å²) in [6.45, 7) is 2.21.